The number of rotatable bonds is 10. The Morgan fingerprint density at radius 2 is 1.61 bits per heavy atom. The van der Waals surface area contributed by atoms with Crippen molar-refractivity contribution in [2.24, 2.45) is 5.10 Å². The van der Waals surface area contributed by atoms with Crippen LogP contribution in [0.1, 0.15) is 41.3 Å². The topological polar surface area (TPSA) is 120 Å². The van der Waals surface area contributed by atoms with Crippen LogP contribution in [0.5, 0.6) is 0 Å². The summed E-state index contributed by atoms with van der Waals surface area (Å²) in [6.45, 7) is 3.85. The third-order valence-corrected chi connectivity index (χ3v) is 8.32. The predicted octanol–water partition coefficient (Wildman–Crippen LogP) is 6.14. The summed E-state index contributed by atoms with van der Waals surface area (Å²) < 4.78 is 0. The molecule has 46 heavy (non-hydrogen) atoms. The molecule has 1 unspecified atom stereocenters. The van der Waals surface area contributed by atoms with E-state index in [0.29, 0.717) is 29.2 Å². The van der Waals surface area contributed by atoms with Crippen LogP contribution < -0.4 is 21.0 Å². The molecule has 5 rings (SSSR count). The maximum absolute atomic E-state index is 13.5. The molecule has 0 saturated carbocycles. The number of nitrogens with one attached hydrogen (secondary N) is 3. The van der Waals surface area contributed by atoms with E-state index in [4.69, 9.17) is 0 Å². The van der Waals surface area contributed by atoms with Gasteiger partial charge in [-0.1, -0.05) is 79.2 Å². The molecule has 4 aromatic rings. The summed E-state index contributed by atoms with van der Waals surface area (Å²) in [7, 11) is 0. The Labute approximate surface area is 271 Å². The van der Waals surface area contributed by atoms with Crippen molar-refractivity contribution in [2.45, 2.75) is 36.8 Å². The van der Waals surface area contributed by atoms with Gasteiger partial charge in [-0.15, -0.1) is 11.8 Å². The van der Waals surface area contributed by atoms with Crippen LogP contribution in [0, 0.1) is 6.92 Å². The van der Waals surface area contributed by atoms with Gasteiger partial charge >= 0.3 is 0 Å². The Morgan fingerprint density at radius 1 is 0.891 bits per heavy atom. The first-order valence-corrected chi connectivity index (χ1v) is 15.7. The van der Waals surface area contributed by atoms with Crippen molar-refractivity contribution in [3.05, 3.63) is 132 Å². The van der Waals surface area contributed by atoms with Gasteiger partial charge in [0, 0.05) is 16.1 Å². The maximum atomic E-state index is 13.5. The van der Waals surface area contributed by atoms with Gasteiger partial charge in [0.1, 0.15) is 11.5 Å². The second kappa shape index (κ2) is 15.0. The van der Waals surface area contributed by atoms with Crippen LogP contribution in [0.15, 0.2) is 125 Å². The molecular formula is C36H33N5O4S. The number of hydrogen-bond donors (Lipinski definition) is 3. The molecule has 1 aliphatic heterocycles. The lowest BCUT2D eigenvalue weighted by Crippen LogP contribution is -2.36. The molecule has 1 heterocycles. The number of aryl methyl sites for hydroxylation is 1. The molecule has 0 bridgehead atoms. The molecule has 1 aliphatic rings. The number of benzene rings is 4. The monoisotopic (exact) mass is 631 g/mol. The van der Waals surface area contributed by atoms with E-state index in [1.54, 1.807) is 60.7 Å². The molecule has 4 aromatic carbocycles. The van der Waals surface area contributed by atoms with Crippen molar-refractivity contribution < 1.29 is 19.2 Å². The molecule has 1 atom stereocenters. The number of nitrogens with zero attached hydrogens (tertiary/aromatic N) is 2. The van der Waals surface area contributed by atoms with E-state index in [9.17, 15) is 19.2 Å². The van der Waals surface area contributed by atoms with Gasteiger partial charge in [-0.3, -0.25) is 19.2 Å². The number of amidine groups is 1. The van der Waals surface area contributed by atoms with Gasteiger partial charge in [0.05, 0.1) is 17.4 Å². The standard InChI is InChI=1S/C36H33N5O4S/c1-3-31(36(45)39-32-23-33(42)41(40-32)28-17-8-5-9-18-28)46-29-19-11-16-27(22-29)37-35(44)30(21-25-13-10-12-24(2)20-25)38-34(43)26-14-6-4-7-15-26/h4-22,31H,3,23H2,1-2H3,(H,37,44)(H,38,43)(H,39,40,45)/b30-21+. The van der Waals surface area contributed by atoms with E-state index in [-0.39, 0.29) is 23.9 Å². The van der Waals surface area contributed by atoms with Gasteiger partial charge < -0.3 is 16.0 Å². The van der Waals surface area contributed by atoms with E-state index in [2.05, 4.69) is 21.1 Å². The Bertz CT molecular complexity index is 1810. The molecule has 9 nitrogen and oxygen atoms in total. The maximum Gasteiger partial charge on any atom is 0.272 e. The Balaban J connectivity index is 1.27. The minimum atomic E-state index is -0.496. The van der Waals surface area contributed by atoms with Crippen molar-refractivity contribution in [2.75, 3.05) is 10.3 Å². The Kier molecular flexibility index (Phi) is 10.4. The fourth-order valence-corrected chi connectivity index (χ4v) is 5.71. The highest BCUT2D eigenvalue weighted by atomic mass is 32.2. The average Bonchev–Trinajstić information content (AvgIpc) is 3.43. The van der Waals surface area contributed by atoms with Gasteiger partial charge in [0.25, 0.3) is 17.7 Å². The van der Waals surface area contributed by atoms with E-state index in [0.717, 1.165) is 16.0 Å². The SMILES string of the molecule is CCC(Sc1cccc(NC(=O)/C(=C\c2cccc(C)c2)NC(=O)c2ccccc2)c1)C(=O)NC1=NN(c2ccccc2)C(=O)C1. The zero-order valence-corrected chi connectivity index (χ0v) is 26.2. The third kappa shape index (κ3) is 8.36. The molecule has 3 N–H and O–H groups in total. The van der Waals surface area contributed by atoms with E-state index < -0.39 is 17.1 Å². The van der Waals surface area contributed by atoms with Crippen LogP contribution in [0.4, 0.5) is 11.4 Å². The minimum absolute atomic E-state index is 0.00244. The fourth-order valence-electron chi connectivity index (χ4n) is 4.69. The molecule has 0 aliphatic carbocycles. The number of hydrazone groups is 1. The number of carbonyl (C=O) groups is 4. The molecule has 0 radical (unpaired) electrons. The summed E-state index contributed by atoms with van der Waals surface area (Å²) in [6, 6.07) is 32.5. The first kappa shape index (κ1) is 31.9. The summed E-state index contributed by atoms with van der Waals surface area (Å²) in [5.74, 6) is -1.10. The first-order valence-electron chi connectivity index (χ1n) is 14.8. The van der Waals surface area contributed by atoms with E-state index in [1.807, 2.05) is 68.4 Å². The third-order valence-electron chi connectivity index (χ3n) is 6.96. The van der Waals surface area contributed by atoms with Crippen LogP contribution in [-0.2, 0) is 14.4 Å². The lowest BCUT2D eigenvalue weighted by atomic mass is 10.1. The Morgan fingerprint density at radius 3 is 2.33 bits per heavy atom. The highest BCUT2D eigenvalue weighted by Crippen LogP contribution is 2.28. The minimum Gasteiger partial charge on any atom is -0.321 e. The van der Waals surface area contributed by atoms with Gasteiger partial charge in [-0.2, -0.15) is 10.1 Å². The highest BCUT2D eigenvalue weighted by molar-refractivity contribution is 8.00. The first-order chi connectivity index (χ1) is 22.3. The van der Waals surface area contributed by atoms with Crippen molar-refractivity contribution in [1.29, 1.82) is 0 Å². The second-order valence-corrected chi connectivity index (χ2v) is 11.8. The van der Waals surface area contributed by atoms with Crippen LogP contribution >= 0.6 is 11.8 Å². The quantitative estimate of drug-likeness (QED) is 0.143. The lowest BCUT2D eigenvalue weighted by Gasteiger charge is -2.15. The highest BCUT2D eigenvalue weighted by Gasteiger charge is 2.28. The summed E-state index contributed by atoms with van der Waals surface area (Å²) in [6.07, 6.45) is 2.16. The van der Waals surface area contributed by atoms with E-state index >= 15 is 0 Å². The summed E-state index contributed by atoms with van der Waals surface area (Å²) in [5, 5.41) is 13.6. The largest absolute Gasteiger partial charge is 0.321 e. The van der Waals surface area contributed by atoms with E-state index in [1.165, 1.54) is 16.8 Å². The number of amides is 4. The number of anilines is 2. The smallest absolute Gasteiger partial charge is 0.272 e. The van der Waals surface area contributed by atoms with Crippen LogP contribution in [-0.4, -0.2) is 34.7 Å². The van der Waals surface area contributed by atoms with Crippen molar-refractivity contribution in [3.63, 3.8) is 0 Å². The predicted molar refractivity (Wildman–Crippen MR) is 182 cm³/mol. The van der Waals surface area contributed by atoms with Crippen molar-refractivity contribution >= 4 is 58.7 Å². The molecule has 10 heteroatoms. The molecule has 0 aromatic heterocycles. The molecule has 232 valence electrons. The lowest BCUT2D eigenvalue weighted by molar-refractivity contribution is -0.119. The van der Waals surface area contributed by atoms with Crippen LogP contribution in [0.3, 0.4) is 0 Å². The number of para-hydroxylation sites is 1. The summed E-state index contributed by atoms with van der Waals surface area (Å²) in [5.41, 5.74) is 3.42. The molecule has 0 saturated heterocycles. The molecule has 4 amide bonds. The van der Waals surface area contributed by atoms with Gasteiger partial charge in [0.15, 0.2) is 0 Å². The van der Waals surface area contributed by atoms with Gasteiger partial charge in [-0.25, -0.2) is 0 Å². The summed E-state index contributed by atoms with van der Waals surface area (Å²) >= 11 is 1.34. The Hall–Kier alpha value is -5.48. The number of carbonyl (C=O) groups excluding carboxylic acids is 4. The normalized spacial score (nSPS) is 13.5. The van der Waals surface area contributed by atoms with Gasteiger partial charge in [-0.05, 0) is 67.4 Å². The zero-order chi connectivity index (χ0) is 32.5. The zero-order valence-electron chi connectivity index (χ0n) is 25.4. The van der Waals surface area contributed by atoms with Crippen molar-refractivity contribution in [1.82, 2.24) is 10.6 Å². The van der Waals surface area contributed by atoms with Crippen LogP contribution in [0.2, 0.25) is 0 Å². The van der Waals surface area contributed by atoms with Gasteiger partial charge in [0.2, 0.25) is 5.91 Å². The second-order valence-electron chi connectivity index (χ2n) is 10.5. The molecular weight excluding hydrogens is 598 g/mol. The fraction of sp³-hybridized carbons (Fsp3) is 0.139. The molecule has 0 spiro atoms. The number of thioether (sulfide) groups is 1. The van der Waals surface area contributed by atoms with Crippen molar-refractivity contribution in [3.8, 4) is 0 Å². The molecule has 0 fully saturated rings. The van der Waals surface area contributed by atoms with Crippen LogP contribution in [0.25, 0.3) is 6.08 Å². The number of hydrogen-bond acceptors (Lipinski definition) is 6. The average molecular weight is 632 g/mol. The summed E-state index contributed by atoms with van der Waals surface area (Å²) in [4.78, 5) is 52.9.